The van der Waals surface area contributed by atoms with Crippen molar-refractivity contribution in [2.45, 2.75) is 45.6 Å². The Kier molecular flexibility index (Phi) is 4.83. The number of likely N-dealkylation sites (tertiary alicyclic amines) is 1. The number of nitrogens with zero attached hydrogens (tertiary/aromatic N) is 1. The van der Waals surface area contributed by atoms with Gasteiger partial charge in [-0.15, -0.1) is 0 Å². The number of hydrogen-bond acceptors (Lipinski definition) is 3. The molecule has 0 aromatic heterocycles. The van der Waals surface area contributed by atoms with E-state index in [1.54, 1.807) is 0 Å². The summed E-state index contributed by atoms with van der Waals surface area (Å²) in [5.74, 6) is 0. The lowest BCUT2D eigenvalue weighted by molar-refractivity contribution is -0.0628. The fourth-order valence-corrected chi connectivity index (χ4v) is 3.56. The molecule has 0 saturated carbocycles. The molecule has 17 heavy (non-hydrogen) atoms. The van der Waals surface area contributed by atoms with Gasteiger partial charge in [0.25, 0.3) is 0 Å². The van der Waals surface area contributed by atoms with Crippen LogP contribution in [0.2, 0.25) is 0 Å². The van der Waals surface area contributed by atoms with Gasteiger partial charge in [0.2, 0.25) is 0 Å². The van der Waals surface area contributed by atoms with E-state index in [0.717, 1.165) is 26.2 Å². The van der Waals surface area contributed by atoms with Crippen LogP contribution < -0.4 is 5.32 Å². The Hall–Kier alpha value is -0.120. The Morgan fingerprint density at radius 3 is 2.47 bits per heavy atom. The Morgan fingerprint density at radius 2 is 1.94 bits per heavy atom. The van der Waals surface area contributed by atoms with Crippen molar-refractivity contribution in [2.24, 2.45) is 5.41 Å². The second-order valence-corrected chi connectivity index (χ2v) is 5.87. The summed E-state index contributed by atoms with van der Waals surface area (Å²) in [7, 11) is 0. The Labute approximate surface area is 106 Å². The monoisotopic (exact) mass is 240 g/mol. The van der Waals surface area contributed by atoms with E-state index in [4.69, 9.17) is 4.74 Å². The molecule has 2 aliphatic heterocycles. The lowest BCUT2D eigenvalue weighted by Crippen LogP contribution is -2.59. The number of nitrogens with one attached hydrogen (secondary N) is 1. The summed E-state index contributed by atoms with van der Waals surface area (Å²) in [6, 6.07) is 0. The summed E-state index contributed by atoms with van der Waals surface area (Å²) < 4.78 is 5.77. The van der Waals surface area contributed by atoms with Crippen molar-refractivity contribution in [3.63, 3.8) is 0 Å². The normalized spacial score (nSPS) is 28.9. The first kappa shape index (κ1) is 13.3. The van der Waals surface area contributed by atoms with E-state index >= 15 is 0 Å². The summed E-state index contributed by atoms with van der Waals surface area (Å²) in [4.78, 5) is 2.59. The van der Waals surface area contributed by atoms with Crippen LogP contribution in [0.4, 0.5) is 0 Å². The molecule has 0 amide bonds. The molecule has 1 N–H and O–H groups in total. The number of morpholine rings is 1. The van der Waals surface area contributed by atoms with Gasteiger partial charge >= 0.3 is 0 Å². The Morgan fingerprint density at radius 1 is 1.24 bits per heavy atom. The van der Waals surface area contributed by atoms with E-state index in [1.165, 1.54) is 38.8 Å². The van der Waals surface area contributed by atoms with Crippen LogP contribution in [0.3, 0.4) is 0 Å². The van der Waals surface area contributed by atoms with Gasteiger partial charge in [0, 0.05) is 32.7 Å². The number of hydrogen-bond donors (Lipinski definition) is 1. The molecule has 0 aromatic rings. The van der Waals surface area contributed by atoms with Gasteiger partial charge in [-0.05, 0) is 18.3 Å². The second-order valence-electron chi connectivity index (χ2n) is 5.87. The van der Waals surface area contributed by atoms with E-state index in [0.29, 0.717) is 11.5 Å². The lowest BCUT2D eigenvalue weighted by Gasteiger charge is -2.52. The summed E-state index contributed by atoms with van der Waals surface area (Å²) >= 11 is 0. The molecule has 0 radical (unpaired) electrons. The zero-order valence-electron chi connectivity index (χ0n) is 11.5. The van der Waals surface area contributed by atoms with Crippen LogP contribution in [0, 0.1) is 5.41 Å². The third-order valence-corrected chi connectivity index (χ3v) is 4.14. The van der Waals surface area contributed by atoms with Crippen LogP contribution >= 0.6 is 0 Å². The molecule has 2 aliphatic rings. The third kappa shape index (κ3) is 3.43. The third-order valence-electron chi connectivity index (χ3n) is 4.14. The van der Waals surface area contributed by atoms with Crippen LogP contribution in [-0.2, 0) is 4.74 Å². The van der Waals surface area contributed by atoms with Crippen LogP contribution in [0.1, 0.15) is 39.5 Å². The molecule has 3 heteroatoms. The summed E-state index contributed by atoms with van der Waals surface area (Å²) in [6.45, 7) is 11.3. The molecule has 0 aromatic carbocycles. The highest BCUT2D eigenvalue weighted by atomic mass is 16.5. The molecule has 1 unspecified atom stereocenters. The second kappa shape index (κ2) is 6.17. The minimum absolute atomic E-state index is 0.421. The first-order chi connectivity index (χ1) is 8.28. The van der Waals surface area contributed by atoms with Crippen LogP contribution in [0.25, 0.3) is 0 Å². The van der Waals surface area contributed by atoms with Crippen molar-refractivity contribution in [1.29, 1.82) is 0 Å². The highest BCUT2D eigenvalue weighted by Gasteiger charge is 2.41. The van der Waals surface area contributed by atoms with Crippen molar-refractivity contribution in [3.8, 4) is 0 Å². The molecule has 2 heterocycles. The van der Waals surface area contributed by atoms with Gasteiger partial charge in [-0.1, -0.05) is 26.7 Å². The molecule has 0 bridgehead atoms. The summed E-state index contributed by atoms with van der Waals surface area (Å²) in [5, 5.41) is 3.41. The first-order valence-electron chi connectivity index (χ1n) is 7.33. The van der Waals surface area contributed by atoms with Gasteiger partial charge in [0.05, 0.1) is 12.7 Å². The van der Waals surface area contributed by atoms with Crippen molar-refractivity contribution in [2.75, 3.05) is 39.3 Å². The lowest BCUT2D eigenvalue weighted by atomic mass is 9.72. The van der Waals surface area contributed by atoms with Crippen LogP contribution in [0.15, 0.2) is 0 Å². The van der Waals surface area contributed by atoms with E-state index in [9.17, 15) is 0 Å². The predicted octanol–water partition coefficient (Wildman–Crippen LogP) is 1.88. The van der Waals surface area contributed by atoms with Gasteiger partial charge in [-0.3, -0.25) is 4.90 Å². The fourth-order valence-electron chi connectivity index (χ4n) is 3.56. The Bertz CT molecular complexity index is 212. The first-order valence-corrected chi connectivity index (χ1v) is 7.33. The van der Waals surface area contributed by atoms with E-state index in [2.05, 4.69) is 24.1 Å². The van der Waals surface area contributed by atoms with E-state index in [1.807, 2.05) is 0 Å². The highest BCUT2D eigenvalue weighted by molar-refractivity contribution is 4.95. The molecule has 2 fully saturated rings. The zero-order valence-corrected chi connectivity index (χ0v) is 11.5. The van der Waals surface area contributed by atoms with Crippen LogP contribution in [0.5, 0.6) is 0 Å². The zero-order chi connectivity index (χ0) is 12.1. The predicted molar refractivity (Wildman–Crippen MR) is 71.3 cm³/mol. The average molecular weight is 240 g/mol. The van der Waals surface area contributed by atoms with Gasteiger partial charge in [-0.25, -0.2) is 0 Å². The molecule has 100 valence electrons. The Balaban J connectivity index is 1.71. The maximum atomic E-state index is 5.77. The minimum Gasteiger partial charge on any atom is -0.374 e. The smallest absolute Gasteiger partial charge is 0.0826 e. The highest BCUT2D eigenvalue weighted by Crippen LogP contribution is 2.39. The van der Waals surface area contributed by atoms with Crippen molar-refractivity contribution < 1.29 is 4.74 Å². The molecule has 3 nitrogen and oxygen atoms in total. The van der Waals surface area contributed by atoms with Gasteiger partial charge in [0.15, 0.2) is 0 Å². The molecule has 2 saturated heterocycles. The molecule has 0 aliphatic carbocycles. The van der Waals surface area contributed by atoms with Crippen molar-refractivity contribution in [1.82, 2.24) is 10.2 Å². The van der Waals surface area contributed by atoms with Gasteiger partial charge in [0.1, 0.15) is 0 Å². The summed E-state index contributed by atoms with van der Waals surface area (Å²) in [5.41, 5.74) is 0.644. The molecule has 0 spiro atoms. The topological polar surface area (TPSA) is 24.5 Å². The standard InChI is InChI=1S/C14H28N2O/c1-3-5-14(6-4-2)11-16(12-14)10-13-9-15-7-8-17-13/h13,15H,3-12H2,1-2H3. The minimum atomic E-state index is 0.421. The van der Waals surface area contributed by atoms with Crippen molar-refractivity contribution >= 4 is 0 Å². The van der Waals surface area contributed by atoms with Gasteiger partial charge in [-0.2, -0.15) is 0 Å². The number of rotatable bonds is 6. The molecular weight excluding hydrogens is 212 g/mol. The quantitative estimate of drug-likeness (QED) is 0.767. The maximum absolute atomic E-state index is 5.77. The average Bonchev–Trinajstić information content (AvgIpc) is 2.29. The van der Waals surface area contributed by atoms with Crippen LogP contribution in [-0.4, -0.2) is 50.3 Å². The SMILES string of the molecule is CCCC1(CCC)CN(CC2CNCCO2)C1. The molecular formula is C14H28N2O. The summed E-state index contributed by atoms with van der Waals surface area (Å²) in [6.07, 6.45) is 5.89. The number of ether oxygens (including phenoxy) is 1. The largest absolute Gasteiger partial charge is 0.374 e. The van der Waals surface area contributed by atoms with E-state index < -0.39 is 0 Å². The van der Waals surface area contributed by atoms with E-state index in [-0.39, 0.29) is 0 Å². The van der Waals surface area contributed by atoms with Gasteiger partial charge < -0.3 is 10.1 Å². The maximum Gasteiger partial charge on any atom is 0.0826 e. The molecule has 1 atom stereocenters. The fraction of sp³-hybridized carbons (Fsp3) is 1.00. The van der Waals surface area contributed by atoms with Crippen molar-refractivity contribution in [3.05, 3.63) is 0 Å². The molecule has 2 rings (SSSR count).